The Labute approximate surface area is 231 Å². The molecule has 38 heavy (non-hydrogen) atoms. The van der Waals surface area contributed by atoms with Gasteiger partial charge in [0.05, 0.1) is 0 Å². The van der Waals surface area contributed by atoms with Crippen LogP contribution in [0.5, 0.6) is 0 Å². The Morgan fingerprint density at radius 3 is 2.29 bits per heavy atom. The van der Waals surface area contributed by atoms with E-state index in [0.29, 0.717) is 22.0 Å². The van der Waals surface area contributed by atoms with Crippen molar-refractivity contribution >= 4 is 57.3 Å². The number of amides is 2. The second-order valence-corrected chi connectivity index (χ2v) is 10.4. The first kappa shape index (κ1) is 25.6. The van der Waals surface area contributed by atoms with Gasteiger partial charge in [-0.05, 0) is 71.3 Å². The van der Waals surface area contributed by atoms with E-state index in [-0.39, 0.29) is 11.8 Å². The van der Waals surface area contributed by atoms with E-state index in [1.807, 2.05) is 116 Å². The highest BCUT2D eigenvalue weighted by Crippen LogP contribution is 2.38. The summed E-state index contributed by atoms with van der Waals surface area (Å²) >= 11 is 7.69. The molecule has 5 aromatic carbocycles. The molecule has 0 radical (unpaired) electrons. The molecule has 6 heteroatoms. The molecule has 0 aliphatic heterocycles. The minimum absolute atomic E-state index is 0.155. The zero-order valence-corrected chi connectivity index (χ0v) is 22.2. The molecular formula is C32H25ClN2O2S. The lowest BCUT2D eigenvalue weighted by atomic mass is 10.1. The summed E-state index contributed by atoms with van der Waals surface area (Å²) in [5.41, 5.74) is 3.62. The molecule has 0 bridgehead atoms. The maximum absolute atomic E-state index is 13.5. The van der Waals surface area contributed by atoms with Crippen LogP contribution in [-0.2, 0) is 4.79 Å². The molecule has 0 aromatic heterocycles. The summed E-state index contributed by atoms with van der Waals surface area (Å²) < 4.78 is 0. The Balaban J connectivity index is 1.36. The third kappa shape index (κ3) is 5.91. The predicted molar refractivity (Wildman–Crippen MR) is 158 cm³/mol. The number of hydrogen-bond acceptors (Lipinski definition) is 3. The van der Waals surface area contributed by atoms with Crippen molar-refractivity contribution in [1.29, 1.82) is 0 Å². The molecule has 0 aliphatic carbocycles. The number of hydrogen-bond donors (Lipinski definition) is 2. The largest absolute Gasteiger partial charge is 0.325 e. The van der Waals surface area contributed by atoms with Crippen LogP contribution in [-0.4, -0.2) is 11.8 Å². The van der Waals surface area contributed by atoms with Crippen molar-refractivity contribution < 1.29 is 9.59 Å². The van der Waals surface area contributed by atoms with Gasteiger partial charge in [-0.15, -0.1) is 11.8 Å². The molecule has 2 amide bonds. The molecule has 0 spiro atoms. The van der Waals surface area contributed by atoms with Crippen molar-refractivity contribution in [2.24, 2.45) is 0 Å². The number of rotatable bonds is 7. The summed E-state index contributed by atoms with van der Waals surface area (Å²) in [7, 11) is 0. The first-order chi connectivity index (χ1) is 18.5. The predicted octanol–water partition coefficient (Wildman–Crippen LogP) is 8.53. The van der Waals surface area contributed by atoms with Crippen LogP contribution in [0.25, 0.3) is 10.8 Å². The topological polar surface area (TPSA) is 58.2 Å². The van der Waals surface area contributed by atoms with E-state index >= 15 is 0 Å². The highest BCUT2D eigenvalue weighted by Gasteiger charge is 2.23. The van der Waals surface area contributed by atoms with Gasteiger partial charge in [0.2, 0.25) is 5.91 Å². The monoisotopic (exact) mass is 536 g/mol. The van der Waals surface area contributed by atoms with Crippen LogP contribution in [0.4, 0.5) is 11.4 Å². The van der Waals surface area contributed by atoms with Gasteiger partial charge in [0.1, 0.15) is 5.25 Å². The number of thioether (sulfide) groups is 1. The zero-order valence-electron chi connectivity index (χ0n) is 20.6. The van der Waals surface area contributed by atoms with Crippen molar-refractivity contribution in [3.63, 3.8) is 0 Å². The number of anilines is 2. The third-order valence-electron chi connectivity index (χ3n) is 6.22. The fourth-order valence-electron chi connectivity index (χ4n) is 4.16. The molecule has 0 fully saturated rings. The molecule has 0 aliphatic rings. The number of halogens is 1. The van der Waals surface area contributed by atoms with Crippen molar-refractivity contribution in [2.75, 3.05) is 10.6 Å². The normalized spacial score (nSPS) is 11.6. The Kier molecular flexibility index (Phi) is 7.78. The standard InChI is InChI=1S/C32H25ClN2O2S/c1-21-28(33)15-8-16-29(21)35-32(37)30(23-10-3-2-4-11-23)38-27-14-7-13-26(20-27)34-31(36)25-18-17-22-9-5-6-12-24(22)19-25/h2-20,30H,1H3,(H,34,36)(H,35,37). The second-order valence-electron chi connectivity index (χ2n) is 8.85. The van der Waals surface area contributed by atoms with Crippen LogP contribution in [0.3, 0.4) is 0 Å². The molecule has 0 saturated heterocycles. The molecule has 188 valence electrons. The Morgan fingerprint density at radius 2 is 1.47 bits per heavy atom. The second kappa shape index (κ2) is 11.5. The molecule has 4 nitrogen and oxygen atoms in total. The first-order valence-electron chi connectivity index (χ1n) is 12.2. The minimum atomic E-state index is -0.513. The molecule has 0 saturated carbocycles. The van der Waals surface area contributed by atoms with Gasteiger partial charge in [-0.2, -0.15) is 0 Å². The molecule has 1 unspecified atom stereocenters. The van der Waals surface area contributed by atoms with E-state index in [1.54, 1.807) is 6.07 Å². The average molecular weight is 537 g/mol. The van der Waals surface area contributed by atoms with Crippen LogP contribution in [0.1, 0.15) is 26.7 Å². The molecule has 5 aromatic rings. The van der Waals surface area contributed by atoms with E-state index in [9.17, 15) is 9.59 Å². The van der Waals surface area contributed by atoms with Crippen molar-refractivity contribution in [3.8, 4) is 0 Å². The van der Waals surface area contributed by atoms with Crippen molar-refractivity contribution in [1.82, 2.24) is 0 Å². The van der Waals surface area contributed by atoms with Crippen LogP contribution < -0.4 is 10.6 Å². The van der Waals surface area contributed by atoms with E-state index in [1.165, 1.54) is 11.8 Å². The summed E-state index contributed by atoms with van der Waals surface area (Å²) in [6.45, 7) is 1.88. The summed E-state index contributed by atoms with van der Waals surface area (Å²) in [5, 5.41) is 8.21. The van der Waals surface area contributed by atoms with Crippen LogP contribution in [0.2, 0.25) is 5.02 Å². The molecule has 2 N–H and O–H groups in total. The van der Waals surface area contributed by atoms with E-state index in [4.69, 9.17) is 11.6 Å². The van der Waals surface area contributed by atoms with E-state index in [0.717, 1.165) is 26.8 Å². The van der Waals surface area contributed by atoms with Gasteiger partial charge < -0.3 is 10.6 Å². The lowest BCUT2D eigenvalue weighted by molar-refractivity contribution is -0.115. The van der Waals surface area contributed by atoms with Crippen LogP contribution in [0, 0.1) is 6.92 Å². The minimum Gasteiger partial charge on any atom is -0.325 e. The number of carbonyl (C=O) groups excluding carboxylic acids is 2. The highest BCUT2D eigenvalue weighted by atomic mass is 35.5. The third-order valence-corrected chi connectivity index (χ3v) is 7.88. The van der Waals surface area contributed by atoms with Gasteiger partial charge in [-0.3, -0.25) is 9.59 Å². The summed E-state index contributed by atoms with van der Waals surface area (Å²) in [6.07, 6.45) is 0. The molecule has 0 heterocycles. The highest BCUT2D eigenvalue weighted by molar-refractivity contribution is 8.00. The fraction of sp³-hybridized carbons (Fsp3) is 0.0625. The quantitative estimate of drug-likeness (QED) is 0.205. The average Bonchev–Trinajstić information content (AvgIpc) is 2.94. The summed E-state index contributed by atoms with van der Waals surface area (Å²) in [5.74, 6) is -0.344. The fourth-order valence-corrected chi connectivity index (χ4v) is 5.42. The number of fused-ring (bicyclic) bond motifs is 1. The van der Waals surface area contributed by atoms with Gasteiger partial charge >= 0.3 is 0 Å². The van der Waals surface area contributed by atoms with Gasteiger partial charge in [0.15, 0.2) is 0 Å². The number of benzene rings is 5. The lowest BCUT2D eigenvalue weighted by Gasteiger charge is -2.19. The van der Waals surface area contributed by atoms with E-state index < -0.39 is 5.25 Å². The van der Waals surface area contributed by atoms with Gasteiger partial charge in [0, 0.05) is 26.9 Å². The van der Waals surface area contributed by atoms with Gasteiger partial charge in [-0.25, -0.2) is 0 Å². The molecule has 5 rings (SSSR count). The first-order valence-corrected chi connectivity index (χ1v) is 13.4. The Morgan fingerprint density at radius 1 is 0.737 bits per heavy atom. The summed E-state index contributed by atoms with van der Waals surface area (Å²) in [6, 6.07) is 36.2. The maximum Gasteiger partial charge on any atom is 0.255 e. The maximum atomic E-state index is 13.5. The smallest absolute Gasteiger partial charge is 0.255 e. The Hall–Kier alpha value is -4.06. The van der Waals surface area contributed by atoms with Crippen LogP contribution in [0.15, 0.2) is 120 Å². The van der Waals surface area contributed by atoms with Crippen LogP contribution >= 0.6 is 23.4 Å². The number of carbonyl (C=O) groups is 2. The summed E-state index contributed by atoms with van der Waals surface area (Å²) in [4.78, 5) is 27.3. The SMILES string of the molecule is Cc1c(Cl)cccc1NC(=O)C(Sc1cccc(NC(=O)c2ccc3ccccc3c2)c1)c1ccccc1. The lowest BCUT2D eigenvalue weighted by Crippen LogP contribution is -2.19. The van der Waals surface area contributed by atoms with Crippen molar-refractivity contribution in [3.05, 3.63) is 137 Å². The zero-order chi connectivity index (χ0) is 26.5. The van der Waals surface area contributed by atoms with E-state index in [2.05, 4.69) is 10.6 Å². The van der Waals surface area contributed by atoms with Gasteiger partial charge in [-0.1, -0.05) is 84.4 Å². The van der Waals surface area contributed by atoms with Crippen molar-refractivity contribution in [2.45, 2.75) is 17.1 Å². The Bertz CT molecular complexity index is 1620. The van der Waals surface area contributed by atoms with Gasteiger partial charge in [0.25, 0.3) is 5.91 Å². The molecular weight excluding hydrogens is 512 g/mol. The number of nitrogens with one attached hydrogen (secondary N) is 2. The molecule has 1 atom stereocenters.